The van der Waals surface area contributed by atoms with E-state index >= 15 is 0 Å². The molecular weight excluding hydrogens is 498 g/mol. The van der Waals surface area contributed by atoms with Crippen LogP contribution in [0.15, 0.2) is 71.6 Å². The molecule has 11 heteroatoms. The van der Waals surface area contributed by atoms with E-state index in [1.54, 1.807) is 44.2 Å². The summed E-state index contributed by atoms with van der Waals surface area (Å²) in [4.78, 5) is 12.6. The van der Waals surface area contributed by atoms with Crippen molar-refractivity contribution in [2.75, 3.05) is 27.1 Å². The number of carbonyl (C=O) groups is 1. The maximum atomic E-state index is 12.7. The van der Waals surface area contributed by atoms with Crippen molar-refractivity contribution in [3.05, 3.63) is 82.9 Å². The Bertz CT molecular complexity index is 1410. The van der Waals surface area contributed by atoms with Crippen LogP contribution < -0.4 is 14.3 Å². The Kier molecular flexibility index (Phi) is 7.54. The Morgan fingerprint density at radius 1 is 0.941 bits per heavy atom. The van der Waals surface area contributed by atoms with E-state index in [1.807, 2.05) is 0 Å². The molecule has 2 N–H and O–H groups in total. The van der Waals surface area contributed by atoms with Gasteiger partial charge in [0.2, 0.25) is 10.0 Å². The van der Waals surface area contributed by atoms with E-state index in [0.29, 0.717) is 33.2 Å². The number of benzene rings is 3. The number of nitrogens with zero attached hydrogens (tertiary/aromatic N) is 1. The van der Waals surface area contributed by atoms with E-state index in [-0.39, 0.29) is 10.6 Å². The summed E-state index contributed by atoms with van der Waals surface area (Å²) >= 11 is 6.05. The Hall–Kier alpha value is -3.08. The van der Waals surface area contributed by atoms with Gasteiger partial charge in [-0.15, -0.1) is 0 Å². The lowest BCUT2D eigenvalue weighted by atomic mass is 10.2. The Labute approximate surface area is 204 Å². The van der Waals surface area contributed by atoms with Gasteiger partial charge >= 0.3 is 0 Å². The van der Waals surface area contributed by atoms with Crippen LogP contribution in [0.2, 0.25) is 5.02 Å². The summed E-state index contributed by atoms with van der Waals surface area (Å²) in [5.41, 5.74) is 2.15. The van der Waals surface area contributed by atoms with Crippen molar-refractivity contribution in [1.82, 2.24) is 0 Å². The van der Waals surface area contributed by atoms with Gasteiger partial charge in [-0.2, -0.15) is 0 Å². The highest BCUT2D eigenvalue weighted by atomic mass is 35.5. The fraction of sp³-hybridized carbons (Fsp3) is 0.174. The summed E-state index contributed by atoms with van der Waals surface area (Å²) in [6.45, 7) is 3.27. The average molecular weight is 522 g/mol. The molecule has 34 heavy (non-hydrogen) atoms. The lowest BCUT2D eigenvalue weighted by Crippen LogP contribution is -2.28. The molecule has 0 aliphatic rings. The van der Waals surface area contributed by atoms with Gasteiger partial charge in [0.1, 0.15) is 0 Å². The summed E-state index contributed by atoms with van der Waals surface area (Å²) in [5.74, 6) is -0.457. The predicted octanol–water partition coefficient (Wildman–Crippen LogP) is 4.49. The summed E-state index contributed by atoms with van der Waals surface area (Å²) in [7, 11) is -5.80. The zero-order valence-corrected chi connectivity index (χ0v) is 21.1. The number of anilines is 3. The van der Waals surface area contributed by atoms with Gasteiger partial charge < -0.3 is 5.32 Å². The first-order valence-corrected chi connectivity index (χ1v) is 13.7. The molecule has 0 fully saturated rings. The van der Waals surface area contributed by atoms with Crippen molar-refractivity contribution >= 4 is 54.6 Å². The molecule has 1 amide bonds. The van der Waals surface area contributed by atoms with Crippen molar-refractivity contribution in [3.63, 3.8) is 0 Å². The zero-order chi connectivity index (χ0) is 25.1. The molecule has 8 nitrogen and oxygen atoms in total. The first kappa shape index (κ1) is 25.5. The molecule has 3 aromatic carbocycles. The molecule has 0 atom stereocenters. The van der Waals surface area contributed by atoms with Crippen LogP contribution in [-0.2, 0) is 20.0 Å². The fourth-order valence-corrected chi connectivity index (χ4v) is 5.15. The second-order valence-electron chi connectivity index (χ2n) is 7.41. The number of carbonyl (C=O) groups excluding carboxylic acids is 1. The van der Waals surface area contributed by atoms with E-state index in [0.717, 1.165) is 4.31 Å². The van der Waals surface area contributed by atoms with Gasteiger partial charge in [0.15, 0.2) is 0 Å². The molecule has 0 saturated heterocycles. The largest absolute Gasteiger partial charge is 0.322 e. The van der Waals surface area contributed by atoms with Gasteiger partial charge in [-0.25, -0.2) is 16.8 Å². The summed E-state index contributed by atoms with van der Waals surface area (Å²) in [6, 6.07) is 16.8. The standard InChI is InChI=1S/C23H24ClN3O5S2/c1-4-33(29,30)27(3)19-12-8-17(9-13-19)23(28)25-18-10-14-20(15-11-18)34(31,32)26-22-7-5-6-21(24)16(22)2/h5-15,26H,4H2,1-3H3,(H,25,28). The first-order valence-electron chi connectivity index (χ1n) is 10.2. The second kappa shape index (κ2) is 10.0. The van der Waals surface area contributed by atoms with Crippen molar-refractivity contribution in [2.24, 2.45) is 0 Å². The van der Waals surface area contributed by atoms with Gasteiger partial charge in [-0.3, -0.25) is 13.8 Å². The number of sulfonamides is 2. The molecule has 0 radical (unpaired) electrons. The van der Waals surface area contributed by atoms with Crippen LogP contribution in [0.5, 0.6) is 0 Å². The minimum absolute atomic E-state index is 0.0226. The van der Waals surface area contributed by atoms with Crippen LogP contribution in [0.3, 0.4) is 0 Å². The normalized spacial score (nSPS) is 11.6. The summed E-state index contributed by atoms with van der Waals surface area (Å²) in [5, 5.41) is 3.14. The third-order valence-electron chi connectivity index (χ3n) is 5.21. The molecule has 0 aromatic heterocycles. The topological polar surface area (TPSA) is 113 Å². The lowest BCUT2D eigenvalue weighted by Gasteiger charge is -2.18. The Morgan fingerprint density at radius 3 is 2.15 bits per heavy atom. The van der Waals surface area contributed by atoms with E-state index in [1.165, 1.54) is 43.4 Å². The van der Waals surface area contributed by atoms with Gasteiger partial charge in [0.25, 0.3) is 15.9 Å². The zero-order valence-electron chi connectivity index (χ0n) is 18.7. The van der Waals surface area contributed by atoms with E-state index in [4.69, 9.17) is 11.6 Å². The lowest BCUT2D eigenvalue weighted by molar-refractivity contribution is 0.102. The average Bonchev–Trinajstić information content (AvgIpc) is 2.82. The molecule has 0 spiro atoms. The molecule has 0 bridgehead atoms. The van der Waals surface area contributed by atoms with Crippen molar-refractivity contribution in [2.45, 2.75) is 18.7 Å². The molecule has 180 valence electrons. The molecule has 3 rings (SSSR count). The molecule has 0 aliphatic carbocycles. The van der Waals surface area contributed by atoms with Gasteiger partial charge in [-0.05, 0) is 80.1 Å². The monoisotopic (exact) mass is 521 g/mol. The van der Waals surface area contributed by atoms with E-state index in [2.05, 4.69) is 10.0 Å². The number of amides is 1. The van der Waals surface area contributed by atoms with Crippen molar-refractivity contribution < 1.29 is 21.6 Å². The molecule has 0 saturated carbocycles. The van der Waals surface area contributed by atoms with Gasteiger partial charge in [0.05, 0.1) is 22.0 Å². The quantitative estimate of drug-likeness (QED) is 0.453. The number of halogens is 1. The minimum Gasteiger partial charge on any atom is -0.322 e. The first-order chi connectivity index (χ1) is 15.9. The van der Waals surface area contributed by atoms with Crippen LogP contribution in [0, 0.1) is 6.92 Å². The highest BCUT2D eigenvalue weighted by Gasteiger charge is 2.18. The smallest absolute Gasteiger partial charge is 0.261 e. The van der Waals surface area contributed by atoms with E-state index in [9.17, 15) is 21.6 Å². The van der Waals surface area contributed by atoms with Gasteiger partial charge in [-0.1, -0.05) is 17.7 Å². The van der Waals surface area contributed by atoms with Gasteiger partial charge in [0, 0.05) is 23.3 Å². The predicted molar refractivity (Wildman–Crippen MR) is 136 cm³/mol. The van der Waals surface area contributed by atoms with Crippen molar-refractivity contribution in [3.8, 4) is 0 Å². The van der Waals surface area contributed by atoms with Crippen LogP contribution in [0.25, 0.3) is 0 Å². The van der Waals surface area contributed by atoms with Crippen LogP contribution >= 0.6 is 11.6 Å². The van der Waals surface area contributed by atoms with Crippen molar-refractivity contribution in [1.29, 1.82) is 0 Å². The molecule has 0 aliphatic heterocycles. The number of nitrogens with one attached hydrogen (secondary N) is 2. The Balaban J connectivity index is 1.70. The summed E-state index contributed by atoms with van der Waals surface area (Å²) in [6.07, 6.45) is 0. The third-order valence-corrected chi connectivity index (χ3v) is 8.78. The van der Waals surface area contributed by atoms with Crippen LogP contribution in [0.4, 0.5) is 17.1 Å². The highest BCUT2D eigenvalue weighted by Crippen LogP contribution is 2.26. The third kappa shape index (κ3) is 5.69. The molecular formula is C23H24ClN3O5S2. The molecule has 0 unspecified atom stereocenters. The number of hydrogen-bond donors (Lipinski definition) is 2. The van der Waals surface area contributed by atoms with Crippen LogP contribution in [-0.4, -0.2) is 35.5 Å². The van der Waals surface area contributed by atoms with Crippen LogP contribution in [0.1, 0.15) is 22.8 Å². The molecule has 3 aromatic rings. The Morgan fingerprint density at radius 2 is 1.56 bits per heavy atom. The fourth-order valence-electron chi connectivity index (χ4n) is 3.02. The maximum absolute atomic E-state index is 12.7. The minimum atomic E-state index is -3.85. The SMILES string of the molecule is CCS(=O)(=O)N(C)c1ccc(C(=O)Nc2ccc(S(=O)(=O)Nc3cccc(Cl)c3C)cc2)cc1. The maximum Gasteiger partial charge on any atom is 0.261 e. The van der Waals surface area contributed by atoms with E-state index < -0.39 is 26.0 Å². The molecule has 0 heterocycles. The second-order valence-corrected chi connectivity index (χ2v) is 11.8. The number of hydrogen-bond acceptors (Lipinski definition) is 5. The number of rotatable bonds is 8. The summed E-state index contributed by atoms with van der Waals surface area (Å²) < 4.78 is 53.1. The highest BCUT2D eigenvalue weighted by molar-refractivity contribution is 7.93.